The highest BCUT2D eigenvalue weighted by molar-refractivity contribution is 6.00. The highest BCUT2D eigenvalue weighted by Gasteiger charge is 2.43. The van der Waals surface area contributed by atoms with E-state index in [0.29, 0.717) is 17.5 Å². The molecule has 0 saturated carbocycles. The number of hydrogen-bond donors (Lipinski definition) is 2. The molecule has 0 fully saturated rings. The van der Waals surface area contributed by atoms with Gasteiger partial charge < -0.3 is 19.7 Å². The molecular formula is C28H25F2N5O4. The number of aliphatic hydroxyl groups is 1. The van der Waals surface area contributed by atoms with E-state index in [1.54, 1.807) is 0 Å². The van der Waals surface area contributed by atoms with Crippen molar-refractivity contribution in [1.82, 2.24) is 24.8 Å². The van der Waals surface area contributed by atoms with Crippen molar-refractivity contribution in [2.75, 3.05) is 0 Å². The fourth-order valence-electron chi connectivity index (χ4n) is 5.77. The van der Waals surface area contributed by atoms with Crippen molar-refractivity contribution in [3.05, 3.63) is 70.9 Å². The molecule has 2 aromatic heterocycles. The maximum absolute atomic E-state index is 13.7. The number of fused-ring (bicyclic) bond motifs is 9. The highest BCUT2D eigenvalue weighted by atomic mass is 19.3. The second kappa shape index (κ2) is 9.19. The Kier molecular flexibility index (Phi) is 5.91. The third-order valence-corrected chi connectivity index (χ3v) is 7.27. The van der Waals surface area contributed by atoms with Gasteiger partial charge in [0.15, 0.2) is 5.82 Å². The van der Waals surface area contributed by atoms with Crippen LogP contribution in [0.4, 0.5) is 8.78 Å². The SMILES string of the molecule is CC(O)C(=O)c1nccc(-c2c(OC(F)F)cc3c(c2C(C)C)[C@H]2C[C@@H](NC3=O)c3nc4ccccc4n32)n1. The first kappa shape index (κ1) is 25.1. The van der Waals surface area contributed by atoms with Gasteiger partial charge >= 0.3 is 6.61 Å². The monoisotopic (exact) mass is 533 g/mol. The van der Waals surface area contributed by atoms with Gasteiger partial charge in [-0.15, -0.1) is 0 Å². The topological polar surface area (TPSA) is 119 Å². The number of nitrogens with one attached hydrogen (secondary N) is 1. The van der Waals surface area contributed by atoms with Crippen LogP contribution in [-0.4, -0.2) is 49.0 Å². The van der Waals surface area contributed by atoms with E-state index in [1.807, 2.05) is 38.1 Å². The van der Waals surface area contributed by atoms with Crippen molar-refractivity contribution in [2.45, 2.75) is 57.9 Å². The molecule has 1 unspecified atom stereocenters. The van der Waals surface area contributed by atoms with E-state index in [2.05, 4.69) is 19.9 Å². The molecule has 2 aromatic carbocycles. The number of rotatable bonds is 6. The maximum atomic E-state index is 13.7. The van der Waals surface area contributed by atoms with E-state index in [4.69, 9.17) is 9.72 Å². The van der Waals surface area contributed by atoms with Gasteiger partial charge in [-0.2, -0.15) is 8.78 Å². The minimum atomic E-state index is -3.17. The average Bonchev–Trinajstić information content (AvgIpc) is 3.40. The summed E-state index contributed by atoms with van der Waals surface area (Å²) in [7, 11) is 0. The first-order valence-corrected chi connectivity index (χ1v) is 12.6. The van der Waals surface area contributed by atoms with Crippen LogP contribution in [0.3, 0.4) is 0 Å². The molecule has 0 saturated heterocycles. The lowest BCUT2D eigenvalue weighted by Gasteiger charge is -2.27. The maximum Gasteiger partial charge on any atom is 0.387 e. The van der Waals surface area contributed by atoms with E-state index < -0.39 is 24.4 Å². The van der Waals surface area contributed by atoms with Gasteiger partial charge in [0.2, 0.25) is 5.78 Å². The van der Waals surface area contributed by atoms with Crippen LogP contribution in [0.15, 0.2) is 42.6 Å². The number of para-hydroxylation sites is 2. The van der Waals surface area contributed by atoms with Gasteiger partial charge in [0.25, 0.3) is 5.91 Å². The van der Waals surface area contributed by atoms with E-state index in [1.165, 1.54) is 25.3 Å². The molecule has 1 amide bonds. The number of nitrogens with zero attached hydrogens (tertiary/aromatic N) is 4. The summed E-state index contributed by atoms with van der Waals surface area (Å²) in [5.41, 5.74) is 3.62. The summed E-state index contributed by atoms with van der Waals surface area (Å²) in [4.78, 5) is 39.1. The second-order valence-electron chi connectivity index (χ2n) is 10.1. The number of hydrogen-bond acceptors (Lipinski definition) is 7. The van der Waals surface area contributed by atoms with Crippen molar-refractivity contribution in [1.29, 1.82) is 0 Å². The summed E-state index contributed by atoms with van der Waals surface area (Å²) in [5.74, 6) is -1.13. The summed E-state index contributed by atoms with van der Waals surface area (Å²) in [6.45, 7) is 1.93. The number of ether oxygens (including phenoxy) is 1. The Morgan fingerprint density at radius 3 is 2.67 bits per heavy atom. The van der Waals surface area contributed by atoms with Crippen LogP contribution in [0, 0.1) is 0 Å². The molecule has 200 valence electrons. The molecule has 2 aliphatic heterocycles. The van der Waals surface area contributed by atoms with Crippen LogP contribution >= 0.6 is 0 Å². The fourth-order valence-corrected chi connectivity index (χ4v) is 5.77. The molecule has 0 spiro atoms. The summed E-state index contributed by atoms with van der Waals surface area (Å²) in [6, 6.07) is 9.84. The Morgan fingerprint density at radius 1 is 1.18 bits per heavy atom. The van der Waals surface area contributed by atoms with E-state index in [0.717, 1.165) is 16.9 Å². The standard InChI is InChI=1S/C28H25F2N5O4/c1-12(2)21-22-14(27(38)34-17-11-19(22)35-18-7-5-4-6-15(18)33-26(17)35)10-20(39-28(29)30)23(21)16-8-9-31-25(32-16)24(37)13(3)36/h4-10,12-13,17,19,28,36H,11H2,1-3H3,(H,34,38)/t13?,17-,19-/m1/s1. The Balaban J connectivity index is 1.67. The van der Waals surface area contributed by atoms with Crippen LogP contribution in [-0.2, 0) is 0 Å². The number of ketones is 1. The van der Waals surface area contributed by atoms with Crippen LogP contribution in [0.5, 0.6) is 5.75 Å². The lowest BCUT2D eigenvalue weighted by atomic mass is 9.83. The third kappa shape index (κ3) is 3.95. The molecule has 6 rings (SSSR count). The van der Waals surface area contributed by atoms with Gasteiger partial charge in [-0.25, -0.2) is 15.0 Å². The smallest absolute Gasteiger partial charge is 0.387 e. The number of Topliss-reactive ketones (excluding diaryl/α,β-unsaturated/α-hetero) is 1. The Labute approximate surface area is 221 Å². The first-order valence-electron chi connectivity index (χ1n) is 12.6. The second-order valence-corrected chi connectivity index (χ2v) is 10.1. The van der Waals surface area contributed by atoms with Crippen molar-refractivity contribution in [3.63, 3.8) is 0 Å². The molecule has 9 nitrogen and oxygen atoms in total. The lowest BCUT2D eigenvalue weighted by Crippen LogP contribution is -2.28. The molecule has 3 atom stereocenters. The Hall–Kier alpha value is -4.25. The number of aromatic nitrogens is 4. The van der Waals surface area contributed by atoms with Crippen LogP contribution in [0.25, 0.3) is 22.3 Å². The summed E-state index contributed by atoms with van der Waals surface area (Å²) in [5, 5.41) is 12.8. The summed E-state index contributed by atoms with van der Waals surface area (Å²) < 4.78 is 34.5. The summed E-state index contributed by atoms with van der Waals surface area (Å²) in [6.07, 6.45) is 0.524. The minimum Gasteiger partial charge on any atom is -0.434 e. The van der Waals surface area contributed by atoms with E-state index >= 15 is 0 Å². The molecule has 11 heteroatoms. The lowest BCUT2D eigenvalue weighted by molar-refractivity contribution is -0.0495. The third-order valence-electron chi connectivity index (χ3n) is 7.27. The van der Waals surface area contributed by atoms with Gasteiger partial charge in [0.1, 0.15) is 17.7 Å². The zero-order valence-corrected chi connectivity index (χ0v) is 21.4. The van der Waals surface area contributed by atoms with Crippen molar-refractivity contribution in [3.8, 4) is 17.0 Å². The molecule has 4 heterocycles. The molecule has 0 aliphatic carbocycles. The number of benzene rings is 2. The number of carbonyl (C=O) groups is 2. The summed E-state index contributed by atoms with van der Waals surface area (Å²) >= 11 is 0. The number of aliphatic hydroxyl groups excluding tert-OH is 1. The number of amides is 1. The largest absolute Gasteiger partial charge is 0.434 e. The van der Waals surface area contributed by atoms with Crippen molar-refractivity contribution < 1.29 is 28.2 Å². The molecule has 39 heavy (non-hydrogen) atoms. The minimum absolute atomic E-state index is 0.172. The van der Waals surface area contributed by atoms with Gasteiger partial charge in [-0.05, 0) is 54.7 Å². The van der Waals surface area contributed by atoms with Gasteiger partial charge in [0.05, 0.1) is 28.8 Å². The number of imidazole rings is 1. The van der Waals surface area contributed by atoms with Crippen molar-refractivity contribution >= 4 is 22.7 Å². The van der Waals surface area contributed by atoms with Gasteiger partial charge in [0, 0.05) is 17.3 Å². The molecule has 2 N–H and O–H groups in total. The number of carbonyl (C=O) groups excluding carboxylic acids is 2. The first-order chi connectivity index (χ1) is 18.7. The normalized spacial score (nSPS) is 18.6. The van der Waals surface area contributed by atoms with Crippen LogP contribution in [0.2, 0.25) is 0 Å². The Morgan fingerprint density at radius 2 is 1.95 bits per heavy atom. The predicted octanol–water partition coefficient (Wildman–Crippen LogP) is 4.56. The molecule has 2 bridgehead atoms. The predicted molar refractivity (Wildman–Crippen MR) is 137 cm³/mol. The van der Waals surface area contributed by atoms with E-state index in [9.17, 15) is 23.5 Å². The molecule has 0 radical (unpaired) electrons. The molecular weight excluding hydrogens is 508 g/mol. The highest BCUT2D eigenvalue weighted by Crippen LogP contribution is 2.50. The average molecular weight is 534 g/mol. The quantitative estimate of drug-likeness (QED) is 0.349. The zero-order valence-electron chi connectivity index (χ0n) is 21.4. The van der Waals surface area contributed by atoms with Gasteiger partial charge in [-0.3, -0.25) is 9.59 Å². The number of halogens is 2. The van der Waals surface area contributed by atoms with Crippen molar-refractivity contribution in [2.24, 2.45) is 0 Å². The fraction of sp³-hybridized carbons (Fsp3) is 0.321. The van der Waals surface area contributed by atoms with E-state index in [-0.39, 0.29) is 46.4 Å². The Bertz CT molecular complexity index is 1650. The van der Waals surface area contributed by atoms with Gasteiger partial charge in [-0.1, -0.05) is 26.0 Å². The molecule has 4 aromatic rings. The zero-order chi connectivity index (χ0) is 27.6. The number of alkyl halides is 2. The van der Waals surface area contributed by atoms with Crippen LogP contribution in [0.1, 0.15) is 83.1 Å². The van der Waals surface area contributed by atoms with Crippen LogP contribution < -0.4 is 10.1 Å². The molecule has 2 aliphatic rings.